The molecule has 2 N–H and O–H groups in total. The normalized spacial score (nSPS) is 13.7. The lowest BCUT2D eigenvalue weighted by Gasteiger charge is -2.43. The van der Waals surface area contributed by atoms with Crippen molar-refractivity contribution < 1.29 is 28.0 Å². The Hall–Kier alpha value is -13.1. The number of amides is 4. The topological polar surface area (TPSA) is 151 Å². The maximum absolute atomic E-state index is 16.1. The van der Waals surface area contributed by atoms with E-state index >= 15 is 19.2 Å². The summed E-state index contributed by atoms with van der Waals surface area (Å²) in [6.07, 6.45) is 7.79. The van der Waals surface area contributed by atoms with Crippen molar-refractivity contribution in [3.8, 4) is 45.6 Å². The van der Waals surface area contributed by atoms with Gasteiger partial charge in [0.1, 0.15) is 17.2 Å². The molecule has 0 spiro atoms. The standard InChI is InChI=1S/C100H86N6O6Si2/c1-97(2,3)66-40-36-64(37-41-66)88-82-57-55-80(101-82)75(50-35-63-33-46-69(47-34-63)111-113(99(7,8)9,71-25-17-13-18-26-71)72-27-19-14-20-28-72)81-56-58-83(102-81)89(65-38-42-67(43-39-65)98(4,5)6)85-60-62-87(104-85)92(86-61-59-84(88)103-86)106-95(109)78-53-51-76-90-77(52-54-79(91(78)90)96(106)110)94(108)105(93(76)107)68-44-48-70(49-45-68)112-114(100(10,11)12,73-29-21-15-22-30-73)74-31-23-16-24-32-74/h13-34,36-49,51-62,101,104H,1-12H3. The first-order valence-electron chi connectivity index (χ1n) is 38.8. The van der Waals surface area contributed by atoms with E-state index in [1.54, 1.807) is 36.4 Å². The molecule has 114 heavy (non-hydrogen) atoms. The monoisotopic (exact) mass is 1520 g/mol. The number of benzene rings is 10. The summed E-state index contributed by atoms with van der Waals surface area (Å²) in [6.45, 7) is 26.6. The number of carbonyl (C=O) groups is 4. The first kappa shape index (κ1) is 73.7. The second kappa shape index (κ2) is 28.0. The van der Waals surface area contributed by atoms with Gasteiger partial charge in [-0.25, -0.2) is 19.8 Å². The molecule has 4 aliphatic rings. The smallest absolute Gasteiger partial charge is 0.319 e. The summed E-state index contributed by atoms with van der Waals surface area (Å²) in [4.78, 5) is 83.5. The highest BCUT2D eigenvalue weighted by molar-refractivity contribution is 7.00. The summed E-state index contributed by atoms with van der Waals surface area (Å²) >= 11 is 0. The van der Waals surface area contributed by atoms with Crippen LogP contribution in [0.25, 0.3) is 79.4 Å². The first-order valence-corrected chi connectivity index (χ1v) is 42.6. The van der Waals surface area contributed by atoms with Crippen LogP contribution in [-0.2, 0) is 10.8 Å². The molecule has 0 unspecified atom stereocenters. The van der Waals surface area contributed by atoms with E-state index in [9.17, 15) is 0 Å². The number of fused-ring (bicyclic) bond motifs is 8. The van der Waals surface area contributed by atoms with Crippen LogP contribution in [0, 0.1) is 11.8 Å². The lowest BCUT2D eigenvalue weighted by atomic mass is 9.85. The molecule has 0 saturated heterocycles. The number of H-pyrrole nitrogens is 2. The van der Waals surface area contributed by atoms with Gasteiger partial charge in [-0.3, -0.25) is 19.2 Å². The van der Waals surface area contributed by atoms with E-state index in [1.807, 2.05) is 121 Å². The molecule has 4 amide bonds. The SMILES string of the molecule is CC(C)(C)c1ccc(-c2c3nc(c(N4C(=O)c5ccc6c7c(ccc(c57)C4=O)C(=O)N(c4ccc(O[Si](c5ccccc5)(c5ccccc5)C(C)(C)C)cc4)C6=O)c4ccc([nH]4)c(-c4ccc(C(C)(C)C)cc4)c4nc(c(C#Cc5ccc(O[Si](c6ccccc6)(c6ccccc6)C(C)(C)C)cc5)c5ccc2[nH]5)C=C4)C=C3)cc1. The number of anilines is 2. The van der Waals surface area contributed by atoms with Gasteiger partial charge in [0.2, 0.25) is 0 Å². The van der Waals surface area contributed by atoms with Gasteiger partial charge in [-0.2, -0.15) is 0 Å². The van der Waals surface area contributed by atoms with Crippen molar-refractivity contribution in [3.63, 3.8) is 0 Å². The number of imide groups is 2. The van der Waals surface area contributed by atoms with Gasteiger partial charge in [0.25, 0.3) is 23.6 Å². The van der Waals surface area contributed by atoms with Gasteiger partial charge < -0.3 is 18.8 Å². The Morgan fingerprint density at radius 1 is 0.333 bits per heavy atom. The van der Waals surface area contributed by atoms with Crippen LogP contribution in [-0.4, -0.2) is 60.2 Å². The molecular formula is C100H86N6O6Si2. The Balaban J connectivity index is 0.800. The van der Waals surface area contributed by atoms with Crippen molar-refractivity contribution in [3.05, 3.63) is 334 Å². The fourth-order valence-corrected chi connectivity index (χ4v) is 25.6. The minimum Gasteiger partial charge on any atom is -0.534 e. The zero-order valence-corrected chi connectivity index (χ0v) is 68.0. The fraction of sp³-hybridized carbons (Fsp3) is 0.160. The minimum absolute atomic E-state index is 0.139. The maximum Gasteiger partial charge on any atom is 0.319 e. The number of aromatic nitrogens is 4. The van der Waals surface area contributed by atoms with Gasteiger partial charge in [-0.15, -0.1) is 0 Å². The molecule has 560 valence electrons. The molecular weight excluding hydrogens is 1440 g/mol. The van der Waals surface area contributed by atoms with Crippen LogP contribution in [0.4, 0.5) is 11.4 Å². The van der Waals surface area contributed by atoms with E-state index in [0.717, 1.165) is 65.5 Å². The van der Waals surface area contributed by atoms with Gasteiger partial charge in [-0.05, 0) is 185 Å². The zero-order chi connectivity index (χ0) is 79.4. The van der Waals surface area contributed by atoms with Crippen LogP contribution in [0.5, 0.6) is 11.5 Å². The fourth-order valence-electron chi connectivity index (χ4n) is 16.8. The van der Waals surface area contributed by atoms with Crippen molar-refractivity contribution in [1.82, 2.24) is 19.9 Å². The molecule has 0 atom stereocenters. The van der Waals surface area contributed by atoms with Crippen LogP contribution in [0.15, 0.2) is 267 Å². The maximum atomic E-state index is 16.1. The lowest BCUT2D eigenvalue weighted by Crippen LogP contribution is -2.68. The summed E-state index contributed by atoms with van der Waals surface area (Å²) in [6, 6.07) is 88.4. The molecule has 14 heteroatoms. The molecule has 0 fully saturated rings. The average Bonchev–Trinajstić information content (AvgIpc) is 0.968. The van der Waals surface area contributed by atoms with Crippen molar-refractivity contribution >= 4 is 130 Å². The second-order valence-corrected chi connectivity index (χ2v) is 42.3. The van der Waals surface area contributed by atoms with Crippen molar-refractivity contribution in [1.29, 1.82) is 0 Å². The van der Waals surface area contributed by atoms with Crippen molar-refractivity contribution in [2.45, 2.75) is 104 Å². The van der Waals surface area contributed by atoms with Gasteiger partial charge >= 0.3 is 16.6 Å². The van der Waals surface area contributed by atoms with Crippen LogP contribution in [0.1, 0.15) is 170 Å². The minimum atomic E-state index is -3.05. The Bertz CT molecular complexity index is 6190. The number of hydrogen-bond acceptors (Lipinski definition) is 8. The number of rotatable bonds is 12. The molecule has 12 nitrogen and oxygen atoms in total. The molecule has 0 saturated carbocycles. The van der Waals surface area contributed by atoms with Crippen molar-refractivity contribution in [2.24, 2.45) is 0 Å². The third-order valence-electron chi connectivity index (χ3n) is 22.6. The number of carbonyl (C=O) groups excluding carboxylic acids is 4. The Morgan fingerprint density at radius 3 is 1.07 bits per heavy atom. The lowest BCUT2D eigenvalue weighted by molar-refractivity contribution is 0.0873. The van der Waals surface area contributed by atoms with Gasteiger partial charge in [0, 0.05) is 60.8 Å². The van der Waals surface area contributed by atoms with E-state index in [4.69, 9.17) is 18.8 Å². The summed E-state index contributed by atoms with van der Waals surface area (Å²) in [5, 5.41) is 4.46. The molecule has 13 aromatic rings. The number of hydrogen-bond donors (Lipinski definition) is 2. The van der Waals surface area contributed by atoms with Crippen molar-refractivity contribution in [2.75, 3.05) is 9.80 Å². The molecule has 7 heterocycles. The highest BCUT2D eigenvalue weighted by atomic mass is 28.4. The summed E-state index contributed by atoms with van der Waals surface area (Å²) < 4.78 is 14.8. The van der Waals surface area contributed by atoms with E-state index < -0.39 is 40.3 Å². The zero-order valence-electron chi connectivity index (χ0n) is 66.0. The van der Waals surface area contributed by atoms with Gasteiger partial charge in [0.15, 0.2) is 0 Å². The van der Waals surface area contributed by atoms with E-state index in [1.165, 1.54) is 15.3 Å². The van der Waals surface area contributed by atoms with E-state index in [0.29, 0.717) is 56.3 Å². The van der Waals surface area contributed by atoms with Crippen LogP contribution in [0.3, 0.4) is 0 Å². The van der Waals surface area contributed by atoms with Crippen LogP contribution < -0.4 is 39.4 Å². The molecule has 0 aliphatic carbocycles. The largest absolute Gasteiger partial charge is 0.534 e. The third-order valence-corrected chi connectivity index (χ3v) is 32.5. The van der Waals surface area contributed by atoms with Gasteiger partial charge in [0.05, 0.1) is 45.1 Å². The molecule has 17 rings (SSSR count). The first-order chi connectivity index (χ1) is 54.7. The van der Waals surface area contributed by atoms with Crippen LogP contribution in [0.2, 0.25) is 10.1 Å². The molecule has 0 radical (unpaired) electrons. The molecule has 4 aliphatic heterocycles. The molecule has 3 aromatic heterocycles. The van der Waals surface area contributed by atoms with E-state index in [2.05, 4.69) is 238 Å². The number of aromatic amines is 2. The summed E-state index contributed by atoms with van der Waals surface area (Å²) in [7, 11) is -5.99. The predicted molar refractivity (Wildman–Crippen MR) is 469 cm³/mol. The molecule has 10 aromatic carbocycles. The summed E-state index contributed by atoms with van der Waals surface area (Å²) in [5.41, 5.74) is 12.5. The number of nitrogens with zero attached hydrogens (tertiary/aromatic N) is 4. The summed E-state index contributed by atoms with van der Waals surface area (Å²) in [5.74, 6) is 6.01. The predicted octanol–water partition coefficient (Wildman–Crippen LogP) is 20.6. The highest BCUT2D eigenvalue weighted by Gasteiger charge is 2.54. The quantitative estimate of drug-likeness (QED) is 0.0697. The number of nitrogens with one attached hydrogen (secondary N) is 2. The Morgan fingerprint density at radius 2 is 0.675 bits per heavy atom. The third kappa shape index (κ3) is 12.6. The van der Waals surface area contributed by atoms with Crippen LogP contribution >= 0.6 is 0 Å². The Kier molecular flexibility index (Phi) is 18.1. The molecule has 8 bridgehead atoms. The Labute approximate surface area is 666 Å². The average molecular weight is 1520 g/mol. The second-order valence-electron chi connectivity index (χ2n) is 33.9. The van der Waals surface area contributed by atoms with E-state index in [-0.39, 0.29) is 59.6 Å². The van der Waals surface area contributed by atoms with Gasteiger partial charge in [-0.1, -0.05) is 265 Å². The highest BCUT2D eigenvalue weighted by Crippen LogP contribution is 2.46.